The summed E-state index contributed by atoms with van der Waals surface area (Å²) in [5.41, 5.74) is -1.79. The first-order chi connectivity index (χ1) is 6.37. The van der Waals surface area contributed by atoms with Crippen molar-refractivity contribution < 1.29 is 22.3 Å². The number of carbonyl (C=O) groups excluding carboxylic acids is 1. The van der Waals surface area contributed by atoms with Crippen LogP contribution in [0.1, 0.15) is 6.92 Å². The minimum absolute atomic E-state index is 0.0544. The molecule has 4 nitrogen and oxygen atoms in total. The summed E-state index contributed by atoms with van der Waals surface area (Å²) in [6, 6.07) is 0. The van der Waals surface area contributed by atoms with E-state index in [1.54, 1.807) is 6.92 Å². The predicted molar refractivity (Wildman–Crippen MR) is 53.7 cm³/mol. The summed E-state index contributed by atoms with van der Waals surface area (Å²) in [7, 11) is -3.10. The average Bonchev–Trinajstić information content (AvgIpc) is 2.02. The van der Waals surface area contributed by atoms with Crippen LogP contribution in [0, 0.1) is 0 Å². The van der Waals surface area contributed by atoms with Gasteiger partial charge in [-0.2, -0.15) is 0 Å². The van der Waals surface area contributed by atoms with Crippen LogP contribution in [-0.2, 0) is 19.4 Å². The molecule has 0 radical (unpaired) electrons. The second-order valence-corrected chi connectivity index (χ2v) is 5.98. The molecule has 1 atom stereocenters. The van der Waals surface area contributed by atoms with E-state index in [1.165, 1.54) is 0 Å². The van der Waals surface area contributed by atoms with Crippen LogP contribution < -0.4 is 0 Å². The number of hydrogen-bond acceptors (Lipinski definition) is 5. The average molecular weight is 244 g/mol. The van der Waals surface area contributed by atoms with Crippen molar-refractivity contribution >= 4 is 27.6 Å². The van der Waals surface area contributed by atoms with E-state index >= 15 is 0 Å². The maximum Gasteiger partial charge on any atom is 0.351 e. The van der Waals surface area contributed by atoms with Crippen LogP contribution in [0.3, 0.4) is 0 Å². The van der Waals surface area contributed by atoms with Crippen molar-refractivity contribution in [3.63, 3.8) is 0 Å². The number of esters is 1. The largest absolute Gasteiger partial charge is 0.463 e. The third kappa shape index (κ3) is 7.14. The normalized spacial score (nSPS) is 13.6. The molecule has 7 heteroatoms. The van der Waals surface area contributed by atoms with Crippen molar-refractivity contribution in [2.45, 2.75) is 12.4 Å². The molecule has 0 aliphatic heterocycles. The third-order valence-electron chi connectivity index (χ3n) is 1.19. The zero-order chi connectivity index (χ0) is 11.2. The van der Waals surface area contributed by atoms with Crippen LogP contribution in [-0.4, -0.2) is 44.3 Å². The molecule has 84 valence electrons. The van der Waals surface area contributed by atoms with Crippen LogP contribution >= 0.6 is 11.8 Å². The fourth-order valence-electron chi connectivity index (χ4n) is 0.579. The Bertz CT molecular complexity index is 275. The molecule has 0 aromatic heterocycles. The van der Waals surface area contributed by atoms with Crippen LogP contribution in [0.15, 0.2) is 0 Å². The molecule has 0 spiro atoms. The molecule has 0 aromatic rings. The molecule has 1 unspecified atom stereocenters. The van der Waals surface area contributed by atoms with Gasteiger partial charge in [0.1, 0.15) is 9.84 Å². The quantitative estimate of drug-likeness (QED) is 0.641. The molecule has 0 aliphatic rings. The second-order valence-electron chi connectivity index (χ2n) is 2.57. The number of rotatable bonds is 6. The fraction of sp³-hybridized carbons (Fsp3) is 0.857. The molecule has 0 aromatic carbocycles. The molecule has 0 heterocycles. The SMILES string of the molecule is CCOC(=O)C(F)SCCS(C)(=O)=O. The van der Waals surface area contributed by atoms with Crippen LogP contribution in [0.25, 0.3) is 0 Å². The monoisotopic (exact) mass is 244 g/mol. The van der Waals surface area contributed by atoms with Crippen molar-refractivity contribution in [2.75, 3.05) is 24.4 Å². The van der Waals surface area contributed by atoms with Gasteiger partial charge in [0.15, 0.2) is 0 Å². The second kappa shape index (κ2) is 6.23. The van der Waals surface area contributed by atoms with E-state index in [2.05, 4.69) is 4.74 Å². The summed E-state index contributed by atoms with van der Waals surface area (Å²) < 4.78 is 38.6. The number of ether oxygens (including phenoxy) is 1. The molecule has 0 N–H and O–H groups in total. The maximum absolute atomic E-state index is 12.9. The molecular weight excluding hydrogens is 231 g/mol. The first-order valence-electron chi connectivity index (χ1n) is 3.97. The van der Waals surface area contributed by atoms with Gasteiger partial charge in [-0.15, -0.1) is 11.8 Å². The van der Waals surface area contributed by atoms with E-state index < -0.39 is 21.3 Å². The van der Waals surface area contributed by atoms with Crippen molar-refractivity contribution in [3.8, 4) is 0 Å². The Kier molecular flexibility index (Phi) is 6.10. The topological polar surface area (TPSA) is 60.4 Å². The Morgan fingerprint density at radius 3 is 2.57 bits per heavy atom. The van der Waals surface area contributed by atoms with Gasteiger partial charge in [-0.25, -0.2) is 17.6 Å². The minimum Gasteiger partial charge on any atom is -0.463 e. The third-order valence-corrected chi connectivity index (χ3v) is 3.32. The lowest BCUT2D eigenvalue weighted by Crippen LogP contribution is -2.17. The Balaban J connectivity index is 3.74. The summed E-state index contributed by atoms with van der Waals surface area (Å²) in [6.07, 6.45) is 1.06. The van der Waals surface area contributed by atoms with Crippen LogP contribution in [0.4, 0.5) is 4.39 Å². The van der Waals surface area contributed by atoms with Gasteiger partial charge in [-0.1, -0.05) is 0 Å². The Hall–Kier alpha value is -0.300. The molecule has 14 heavy (non-hydrogen) atoms. The van der Waals surface area contributed by atoms with E-state index in [9.17, 15) is 17.6 Å². The highest BCUT2D eigenvalue weighted by molar-refractivity contribution is 8.01. The van der Waals surface area contributed by atoms with Crippen LogP contribution in [0.5, 0.6) is 0 Å². The van der Waals surface area contributed by atoms with Gasteiger partial charge in [0.25, 0.3) is 0 Å². The fourth-order valence-corrected chi connectivity index (χ4v) is 2.59. The Morgan fingerprint density at radius 2 is 2.14 bits per heavy atom. The van der Waals surface area contributed by atoms with Gasteiger partial charge in [-0.05, 0) is 6.92 Å². The van der Waals surface area contributed by atoms with Crippen LogP contribution in [0.2, 0.25) is 0 Å². The number of hydrogen-bond donors (Lipinski definition) is 0. The zero-order valence-corrected chi connectivity index (χ0v) is 9.66. The Morgan fingerprint density at radius 1 is 1.57 bits per heavy atom. The lowest BCUT2D eigenvalue weighted by atomic mass is 10.7. The van der Waals surface area contributed by atoms with Gasteiger partial charge < -0.3 is 4.74 Å². The summed E-state index contributed by atoms with van der Waals surface area (Å²) in [5.74, 6) is -1.04. The minimum atomic E-state index is -3.10. The van der Waals surface area contributed by atoms with E-state index in [0.29, 0.717) is 11.8 Å². The smallest absolute Gasteiger partial charge is 0.351 e. The highest BCUT2D eigenvalue weighted by Gasteiger charge is 2.19. The summed E-state index contributed by atoms with van der Waals surface area (Å²) in [5, 5.41) is 0. The predicted octanol–water partition coefficient (Wildman–Crippen LogP) is 0.623. The summed E-state index contributed by atoms with van der Waals surface area (Å²) >= 11 is 0.631. The summed E-state index contributed by atoms with van der Waals surface area (Å²) in [6.45, 7) is 1.69. The van der Waals surface area contributed by atoms with Crippen molar-refractivity contribution in [3.05, 3.63) is 0 Å². The molecule has 0 saturated carbocycles. The molecular formula is C7H13FO4S2. The van der Waals surface area contributed by atoms with Gasteiger partial charge in [0.05, 0.1) is 12.4 Å². The van der Waals surface area contributed by atoms with E-state index in [-0.39, 0.29) is 18.1 Å². The first kappa shape index (κ1) is 13.7. The molecule has 0 saturated heterocycles. The lowest BCUT2D eigenvalue weighted by Gasteiger charge is -2.06. The lowest BCUT2D eigenvalue weighted by molar-refractivity contribution is -0.145. The maximum atomic E-state index is 12.9. The van der Waals surface area contributed by atoms with E-state index in [4.69, 9.17) is 0 Å². The Labute approximate surface area is 87.1 Å². The molecule has 0 bridgehead atoms. The standard InChI is InChI=1S/C7H13FO4S2/c1-3-12-7(9)6(8)13-4-5-14(2,10)11/h6H,3-5H2,1-2H3. The van der Waals surface area contributed by atoms with Gasteiger partial charge in [0.2, 0.25) is 5.50 Å². The highest BCUT2D eigenvalue weighted by atomic mass is 32.2. The number of alkyl halides is 1. The molecule has 0 fully saturated rings. The van der Waals surface area contributed by atoms with Gasteiger partial charge >= 0.3 is 5.97 Å². The van der Waals surface area contributed by atoms with Gasteiger partial charge in [-0.3, -0.25) is 0 Å². The number of thioether (sulfide) groups is 1. The molecule has 0 rings (SSSR count). The van der Waals surface area contributed by atoms with E-state index in [0.717, 1.165) is 6.26 Å². The molecule has 0 aliphatic carbocycles. The summed E-state index contributed by atoms with van der Waals surface area (Å²) in [4.78, 5) is 10.7. The van der Waals surface area contributed by atoms with Crippen molar-refractivity contribution in [2.24, 2.45) is 0 Å². The first-order valence-corrected chi connectivity index (χ1v) is 7.07. The number of sulfone groups is 1. The van der Waals surface area contributed by atoms with E-state index in [1.807, 2.05) is 0 Å². The van der Waals surface area contributed by atoms with Crippen molar-refractivity contribution in [1.29, 1.82) is 0 Å². The number of carbonyl (C=O) groups is 1. The van der Waals surface area contributed by atoms with Gasteiger partial charge in [0, 0.05) is 12.0 Å². The zero-order valence-electron chi connectivity index (χ0n) is 8.03. The van der Waals surface area contributed by atoms with Crippen molar-refractivity contribution in [1.82, 2.24) is 0 Å². The molecule has 0 amide bonds. The highest BCUT2D eigenvalue weighted by Crippen LogP contribution is 2.14. The number of halogens is 1.